The van der Waals surface area contributed by atoms with Gasteiger partial charge in [-0.15, -0.1) is 0 Å². The molecule has 0 radical (unpaired) electrons. The number of hydrogen-bond donors (Lipinski definition) is 15. The monoisotopic (exact) mass is 1680 g/mol. The molecule has 0 spiro atoms. The minimum absolute atomic E-state index is 0.000770. The first-order valence-electron chi connectivity index (χ1n) is 48.9. The Morgan fingerprint density at radius 1 is 0.317 bits per heavy atom. The van der Waals surface area contributed by atoms with E-state index in [0.717, 1.165) is 130 Å². The highest BCUT2D eigenvalue weighted by Crippen LogP contribution is 2.72. The minimum atomic E-state index is -0.498. The summed E-state index contributed by atoms with van der Waals surface area (Å²) in [7, 11) is 0. The lowest BCUT2D eigenvalue weighted by atomic mass is 9.43. The number of rotatable bonds is 33. The second-order valence-corrected chi connectivity index (χ2v) is 43.7. The first-order valence-corrected chi connectivity index (χ1v) is 48.9. The van der Waals surface area contributed by atoms with E-state index in [9.17, 15) is 74.7 Å². The van der Waals surface area contributed by atoms with Crippen molar-refractivity contribution in [3.63, 3.8) is 0 Å². The predicted octanol–water partition coefficient (Wildman–Crippen LogP) is 12.0. The molecule has 0 heterocycles. The molecule has 0 saturated heterocycles. The Balaban J connectivity index is 0.590. The summed E-state index contributed by atoms with van der Waals surface area (Å²) in [5, 5.41) is 123. The number of hydrogen-bond acceptors (Lipinski definition) is 15. The third-order valence-electron chi connectivity index (χ3n) is 38.4. The molecule has 0 unspecified atom stereocenters. The van der Waals surface area contributed by atoms with Crippen molar-refractivity contribution in [1.29, 1.82) is 0 Å². The Bertz CT molecular complexity index is 3360. The fraction of sp³-hybridized carbons (Fsp3) is 0.879. The number of carbonyl (C=O) groups excluding carboxylic acids is 6. The van der Waals surface area contributed by atoms with Crippen LogP contribution in [0.1, 0.15) is 328 Å². The highest BCUT2D eigenvalue weighted by molar-refractivity contribution is 5.79. The highest BCUT2D eigenvalue weighted by Gasteiger charge is 2.70. The smallest absolute Gasteiger partial charge is 0.220 e. The lowest BCUT2D eigenvalue weighted by Gasteiger charge is -2.63. The van der Waals surface area contributed by atoms with Gasteiger partial charge in [0.05, 0.1) is 54.9 Å². The molecule has 6 amide bonds. The van der Waals surface area contributed by atoms with E-state index in [4.69, 9.17) is 0 Å². The number of carbonyl (C=O) groups is 6. The van der Waals surface area contributed by atoms with Crippen molar-refractivity contribution in [3.8, 4) is 0 Å². The average Bonchev–Trinajstić information content (AvgIpc) is 1.47. The molecular formula is C99H162N6O15. The van der Waals surface area contributed by atoms with Gasteiger partial charge in [-0.3, -0.25) is 28.8 Å². The van der Waals surface area contributed by atoms with Crippen molar-refractivity contribution in [3.05, 3.63) is 33.4 Å². The van der Waals surface area contributed by atoms with Gasteiger partial charge in [-0.05, 0) is 365 Å². The van der Waals surface area contributed by atoms with Crippen LogP contribution in [0.25, 0.3) is 0 Å². The molecule has 15 N–H and O–H groups in total. The van der Waals surface area contributed by atoms with Gasteiger partial charge in [-0.25, -0.2) is 0 Å². The second kappa shape index (κ2) is 38.3. The first kappa shape index (κ1) is 93.3. The summed E-state index contributed by atoms with van der Waals surface area (Å²) in [6.07, 6.45) is 20.1. The van der Waals surface area contributed by atoms with Gasteiger partial charge < -0.3 is 77.9 Å². The van der Waals surface area contributed by atoms with Crippen molar-refractivity contribution >= 4 is 35.4 Å². The molecule has 0 aliphatic heterocycles. The number of aliphatic hydroxyl groups excluding tert-OH is 9. The predicted molar refractivity (Wildman–Crippen MR) is 464 cm³/mol. The first-order chi connectivity index (χ1) is 57.0. The van der Waals surface area contributed by atoms with E-state index in [1.54, 1.807) is 0 Å². The Morgan fingerprint density at radius 3 is 0.817 bits per heavy atom. The molecular weight excluding hydrogens is 1510 g/mol. The van der Waals surface area contributed by atoms with Gasteiger partial charge in [0.2, 0.25) is 35.4 Å². The number of aliphatic hydroxyl groups is 9. The van der Waals surface area contributed by atoms with E-state index >= 15 is 0 Å². The van der Waals surface area contributed by atoms with Crippen LogP contribution in [0, 0.1) is 139 Å². The molecule has 13 rings (SSSR count). The zero-order valence-corrected chi connectivity index (χ0v) is 75.8. The second-order valence-electron chi connectivity index (χ2n) is 43.7. The summed E-state index contributed by atoms with van der Waals surface area (Å²) >= 11 is 0. The summed E-state index contributed by atoms with van der Waals surface area (Å²) in [5.74, 6) is 2.93. The zero-order chi connectivity index (χ0) is 86.5. The van der Waals surface area contributed by atoms with E-state index in [1.165, 1.54) is 0 Å². The number of benzene rings is 1. The molecule has 678 valence electrons. The van der Waals surface area contributed by atoms with Gasteiger partial charge >= 0.3 is 0 Å². The third kappa shape index (κ3) is 17.9. The molecule has 1 aromatic rings. The van der Waals surface area contributed by atoms with Crippen LogP contribution in [0.5, 0.6) is 0 Å². The maximum absolute atomic E-state index is 14.0. The van der Waals surface area contributed by atoms with Gasteiger partial charge in [0.25, 0.3) is 0 Å². The summed E-state index contributed by atoms with van der Waals surface area (Å²) in [5.41, 5.74) is 4.87. The van der Waals surface area contributed by atoms with Gasteiger partial charge in [-0.1, -0.05) is 83.1 Å². The van der Waals surface area contributed by atoms with Crippen molar-refractivity contribution < 1.29 is 74.7 Å². The Labute approximate surface area is 719 Å². The maximum Gasteiger partial charge on any atom is 0.220 e. The molecule has 12 aliphatic rings. The van der Waals surface area contributed by atoms with Crippen LogP contribution >= 0.6 is 0 Å². The van der Waals surface area contributed by atoms with Gasteiger partial charge in [0.15, 0.2) is 0 Å². The van der Waals surface area contributed by atoms with Crippen molar-refractivity contribution in [1.82, 2.24) is 31.9 Å². The van der Waals surface area contributed by atoms with E-state index in [-0.39, 0.29) is 232 Å². The SMILES string of the molecule is CCc1c(CNC(=O)CCCNC(=O)CC[C@@H](C)[C@H]2CC[C@H]3[C@@H]4[C@H](O)C[C@@H]5C[C@H](O)CC[C@]5(C)[C@H]4C[C@H](O)[C@]23C)c(CC)c(CNC(=O)CCCNC(=O)CC[C@@H](C)[C@H]2CC[C@H]3[C@@H]4[C@H](O)C[C@@H]5C[C@H](O)CC[C@]5(C)[C@H]4C[C@H](O)[C@]23C)c(CC)c1CNC(=O)CCCNC(=O)CC[C@@H](C)[C@H]1CC[C@H]2[C@@H]3[C@H](O)C[C@@H]4C[C@H](O)CC[C@]4(C)[C@H]3C[C@H](O)[C@]12C. The average molecular weight is 1680 g/mol. The number of fused-ring (bicyclic) bond motifs is 15. The quantitative estimate of drug-likeness (QED) is 0.0291. The standard InChI is InChI=1S/C99H162N6O15/c1-13-64-67(52-103-85(115)19-16-40-100-88(118)31-22-55(4)70-25-28-73-91-76(49-82(112)97(70,73)10)94(7)37-34-61(106)43-58(94)46-79(91)109)65(14-2)69(54-105-87(117)21-18-42-102-90(120)33-24-57(6)72-27-30-75-93-78(51-84(114)99(72,75)12)96(9)39-36-63(108)45-60(96)48-81(93)111)66(15-3)68(64)53-104-86(116)20-17-41-101-89(119)32-23-56(5)71-26-29-74-92-77(50-83(113)98(71,74)11)95(8)38-35-62(107)44-59(95)47-80(92)110/h55-63,70-84,91-93,106-114H,13-54H2,1-12H3,(H,100,118)(H,101,119)(H,102,120)(H,103,115)(H,104,116)(H,105,117)/t55-,56-,57-,58+,59+,60+,61-,62-,63-,70-,71-,72-,73+,74+,75+,76+,77+,78+,79-,80-,81-,82+,83+,84+,91+,92+,93+,94+,95+,96+,97-,98-,99-/m1/s1. The Kier molecular flexibility index (Phi) is 29.8. The zero-order valence-electron chi connectivity index (χ0n) is 75.8. The van der Waals surface area contributed by atoms with Crippen LogP contribution in [0.2, 0.25) is 0 Å². The largest absolute Gasteiger partial charge is 0.393 e. The van der Waals surface area contributed by atoms with Crippen LogP contribution in [0.3, 0.4) is 0 Å². The Hall–Kier alpha value is -4.32. The van der Waals surface area contributed by atoms with Crippen LogP contribution in [-0.4, -0.2) is 156 Å². The fourth-order valence-corrected chi connectivity index (χ4v) is 31.6. The van der Waals surface area contributed by atoms with Crippen molar-refractivity contribution in [2.24, 2.45) is 139 Å². The number of amides is 6. The lowest BCUT2D eigenvalue weighted by Crippen LogP contribution is -2.62. The van der Waals surface area contributed by atoms with Gasteiger partial charge in [0, 0.05) is 77.8 Å². The molecule has 1 aromatic carbocycles. The van der Waals surface area contributed by atoms with Crippen LogP contribution < -0.4 is 31.9 Å². The topological polar surface area (TPSA) is 357 Å². The lowest BCUT2D eigenvalue weighted by molar-refractivity contribution is -0.207. The number of nitrogens with one attached hydrogen (secondary N) is 6. The summed E-state index contributed by atoms with van der Waals surface area (Å²) < 4.78 is 0. The summed E-state index contributed by atoms with van der Waals surface area (Å²) in [4.78, 5) is 82.5. The highest BCUT2D eigenvalue weighted by atomic mass is 16.3. The molecule has 0 aromatic heterocycles. The molecule has 0 bridgehead atoms. The van der Waals surface area contributed by atoms with Crippen molar-refractivity contribution in [2.75, 3.05) is 19.6 Å². The van der Waals surface area contributed by atoms with E-state index in [1.807, 2.05) is 0 Å². The maximum atomic E-state index is 14.0. The van der Waals surface area contributed by atoms with Gasteiger partial charge in [-0.2, -0.15) is 0 Å². The molecule has 12 aliphatic carbocycles. The van der Waals surface area contributed by atoms with E-state index in [0.29, 0.717) is 135 Å². The molecule has 12 saturated carbocycles. The van der Waals surface area contributed by atoms with E-state index < -0.39 is 36.6 Å². The Morgan fingerprint density at radius 2 is 0.567 bits per heavy atom. The molecule has 21 nitrogen and oxygen atoms in total. The summed E-state index contributed by atoms with van der Waals surface area (Å²) in [6.45, 7) is 28.4. The normalized spacial score (nSPS) is 41.7. The van der Waals surface area contributed by atoms with E-state index in [2.05, 4.69) is 115 Å². The van der Waals surface area contributed by atoms with Crippen LogP contribution in [-0.2, 0) is 67.7 Å². The minimum Gasteiger partial charge on any atom is -0.393 e. The molecule has 21 heteroatoms. The van der Waals surface area contributed by atoms with Gasteiger partial charge in [0.1, 0.15) is 0 Å². The van der Waals surface area contributed by atoms with Crippen molar-refractivity contribution in [2.45, 2.75) is 389 Å². The molecule has 120 heavy (non-hydrogen) atoms. The molecule has 12 fully saturated rings. The van der Waals surface area contributed by atoms with Crippen LogP contribution in [0.15, 0.2) is 0 Å². The van der Waals surface area contributed by atoms with Crippen LogP contribution in [0.4, 0.5) is 0 Å². The molecule has 33 atom stereocenters. The third-order valence-corrected chi connectivity index (χ3v) is 38.4. The summed E-state index contributed by atoms with van der Waals surface area (Å²) in [6, 6.07) is 0. The fourth-order valence-electron chi connectivity index (χ4n) is 31.6.